The van der Waals surface area contributed by atoms with Crippen molar-refractivity contribution in [3.8, 4) is 78.6 Å². The Kier molecular flexibility index (Phi) is 7.34. The Morgan fingerprint density at radius 1 is 0.491 bits per heavy atom. The number of rotatable bonds is 7. The molecule has 0 aliphatic carbocycles. The second kappa shape index (κ2) is 13.6. The zero-order valence-electron chi connectivity index (χ0n) is 31.7. The fourth-order valence-electron chi connectivity index (χ4n) is 7.09. The lowest BCUT2D eigenvalue weighted by Crippen LogP contribution is -2.00. The fraction of sp³-hybridized carbons (Fsp3) is 0.0204. The number of hydrogen-bond acceptors (Lipinski definition) is 3. The van der Waals surface area contributed by atoms with Crippen LogP contribution in [0.1, 0.15) is 9.68 Å². The Balaban J connectivity index is 1.29. The van der Waals surface area contributed by atoms with E-state index in [9.17, 15) is 5.11 Å². The van der Waals surface area contributed by atoms with Crippen molar-refractivity contribution >= 4 is 11.0 Å². The summed E-state index contributed by atoms with van der Waals surface area (Å²) in [6.45, 7) is -2.45. The van der Waals surface area contributed by atoms with Gasteiger partial charge in [-0.15, -0.1) is 0 Å². The number of nitrogens with zero attached hydrogens (tertiary/aromatic N) is 3. The molecule has 7 aromatic carbocycles. The molecule has 0 bridgehead atoms. The Labute approximate surface area is 313 Å². The van der Waals surface area contributed by atoms with Gasteiger partial charge in [0, 0.05) is 21.4 Å². The summed E-state index contributed by atoms with van der Waals surface area (Å²) in [5.41, 5.74) is 12.0. The van der Waals surface area contributed by atoms with Crippen LogP contribution in [0.2, 0.25) is 0 Å². The summed E-state index contributed by atoms with van der Waals surface area (Å²) in [4.78, 5) is 10.1. The van der Waals surface area contributed by atoms with E-state index >= 15 is 0 Å². The number of hydrogen-bond donors (Lipinski definition) is 1. The standard InChI is InChI=1S/C49H35N3O/c1-33-28-37(34-14-5-2-6-15-34)24-25-45(33)52-46-22-13-21-42(48(46)51-49(52)43-20-11-12-23-47(43)53)40-29-39(36-18-9-4-10-19-36)30-41(31-40)44-32-38(26-27-50-44)35-16-7-3-8-17-35/h2-32,53H,1H3/i1D3. The van der Waals surface area contributed by atoms with Gasteiger partial charge in [0.1, 0.15) is 11.6 Å². The molecule has 0 radical (unpaired) electrons. The number of aromatic hydroxyl groups is 1. The number of pyridine rings is 1. The van der Waals surface area contributed by atoms with Gasteiger partial charge in [0.2, 0.25) is 0 Å². The van der Waals surface area contributed by atoms with E-state index in [1.165, 1.54) is 0 Å². The normalized spacial score (nSPS) is 12.3. The average molecular weight is 685 g/mol. The van der Waals surface area contributed by atoms with Crippen LogP contribution in [0, 0.1) is 6.85 Å². The van der Waals surface area contributed by atoms with Crippen LogP contribution >= 0.6 is 0 Å². The number of phenolic OH excluding ortho intramolecular Hbond substituents is 1. The molecule has 2 heterocycles. The molecule has 0 fully saturated rings. The smallest absolute Gasteiger partial charge is 0.149 e. The minimum Gasteiger partial charge on any atom is -0.507 e. The molecule has 0 unspecified atom stereocenters. The maximum atomic E-state index is 11.2. The van der Waals surface area contributed by atoms with Gasteiger partial charge in [-0.05, 0) is 112 Å². The molecule has 9 aromatic rings. The Morgan fingerprint density at radius 3 is 1.79 bits per heavy atom. The monoisotopic (exact) mass is 684 g/mol. The zero-order valence-corrected chi connectivity index (χ0v) is 28.7. The van der Waals surface area contributed by atoms with Crippen molar-refractivity contribution in [3.63, 3.8) is 0 Å². The minimum absolute atomic E-state index is 0.0414. The van der Waals surface area contributed by atoms with Crippen LogP contribution in [0.25, 0.3) is 83.9 Å². The molecule has 4 heteroatoms. The first-order valence-electron chi connectivity index (χ1n) is 19.0. The van der Waals surface area contributed by atoms with Crippen molar-refractivity contribution in [2.45, 2.75) is 6.85 Å². The second-order valence-electron chi connectivity index (χ2n) is 13.0. The van der Waals surface area contributed by atoms with Gasteiger partial charge in [0.15, 0.2) is 0 Å². The third-order valence-corrected chi connectivity index (χ3v) is 9.69. The third kappa shape index (κ3) is 6.07. The van der Waals surface area contributed by atoms with Gasteiger partial charge in [-0.1, -0.05) is 121 Å². The predicted molar refractivity (Wildman–Crippen MR) is 218 cm³/mol. The van der Waals surface area contributed by atoms with Crippen LogP contribution in [0.15, 0.2) is 188 Å². The first-order chi connectivity index (χ1) is 27.3. The highest BCUT2D eigenvalue weighted by atomic mass is 16.3. The summed E-state index contributed by atoms with van der Waals surface area (Å²) in [7, 11) is 0. The van der Waals surface area contributed by atoms with E-state index in [2.05, 4.69) is 48.5 Å². The zero-order chi connectivity index (χ0) is 38.2. The average Bonchev–Trinajstić information content (AvgIpc) is 3.63. The van der Waals surface area contributed by atoms with Gasteiger partial charge in [-0.3, -0.25) is 9.55 Å². The van der Waals surface area contributed by atoms with Crippen molar-refractivity contribution in [3.05, 3.63) is 194 Å². The molecule has 0 amide bonds. The van der Waals surface area contributed by atoms with E-state index < -0.39 is 6.85 Å². The van der Waals surface area contributed by atoms with E-state index in [0.29, 0.717) is 28.1 Å². The molecular weight excluding hydrogens is 647 g/mol. The topological polar surface area (TPSA) is 50.9 Å². The van der Waals surface area contributed by atoms with Gasteiger partial charge in [-0.2, -0.15) is 0 Å². The third-order valence-electron chi connectivity index (χ3n) is 9.69. The largest absolute Gasteiger partial charge is 0.507 e. The van der Waals surface area contributed by atoms with Gasteiger partial charge in [0.05, 0.1) is 28.0 Å². The first-order valence-corrected chi connectivity index (χ1v) is 17.5. The van der Waals surface area contributed by atoms with Crippen LogP contribution in [0.4, 0.5) is 0 Å². The number of aryl methyl sites for hydroxylation is 1. The quantitative estimate of drug-likeness (QED) is 0.182. The van der Waals surface area contributed by atoms with Crippen LogP contribution in [-0.4, -0.2) is 19.6 Å². The van der Waals surface area contributed by atoms with E-state index in [4.69, 9.17) is 14.1 Å². The molecule has 0 saturated carbocycles. The molecule has 9 rings (SSSR count). The van der Waals surface area contributed by atoms with Crippen LogP contribution in [0.5, 0.6) is 5.75 Å². The summed E-state index contributed by atoms with van der Waals surface area (Å²) in [6.07, 6.45) is 1.85. The van der Waals surface area contributed by atoms with Crippen molar-refractivity contribution in [2.75, 3.05) is 0 Å². The first kappa shape index (κ1) is 28.6. The maximum Gasteiger partial charge on any atom is 0.149 e. The highest BCUT2D eigenvalue weighted by Gasteiger charge is 2.21. The van der Waals surface area contributed by atoms with Crippen LogP contribution in [-0.2, 0) is 0 Å². The van der Waals surface area contributed by atoms with Crippen molar-refractivity contribution in [1.29, 1.82) is 0 Å². The van der Waals surface area contributed by atoms with Crippen molar-refractivity contribution < 1.29 is 9.22 Å². The van der Waals surface area contributed by atoms with Crippen molar-refractivity contribution in [2.24, 2.45) is 0 Å². The summed E-state index contributed by atoms with van der Waals surface area (Å²) in [5.74, 6) is 0.472. The number of imidazole rings is 1. The molecule has 252 valence electrons. The summed E-state index contributed by atoms with van der Waals surface area (Å²) in [5, 5.41) is 11.2. The van der Waals surface area contributed by atoms with E-state index in [0.717, 1.165) is 55.8 Å². The van der Waals surface area contributed by atoms with E-state index in [-0.39, 0.29) is 11.3 Å². The van der Waals surface area contributed by atoms with Gasteiger partial charge in [0.25, 0.3) is 0 Å². The number of phenols is 1. The predicted octanol–water partition coefficient (Wildman–Crippen LogP) is 12.4. The molecule has 4 nitrogen and oxygen atoms in total. The Morgan fingerprint density at radius 2 is 1.09 bits per heavy atom. The van der Waals surface area contributed by atoms with Crippen molar-refractivity contribution in [1.82, 2.24) is 14.5 Å². The van der Waals surface area contributed by atoms with E-state index in [1.807, 2.05) is 120 Å². The lowest BCUT2D eigenvalue weighted by molar-refractivity contribution is 0.477. The molecule has 53 heavy (non-hydrogen) atoms. The highest BCUT2D eigenvalue weighted by molar-refractivity contribution is 5.97. The van der Waals surface area contributed by atoms with E-state index in [1.54, 1.807) is 24.3 Å². The fourth-order valence-corrected chi connectivity index (χ4v) is 7.09. The van der Waals surface area contributed by atoms with Gasteiger partial charge in [-0.25, -0.2) is 4.98 Å². The lowest BCUT2D eigenvalue weighted by atomic mass is 9.93. The van der Waals surface area contributed by atoms with Gasteiger partial charge >= 0.3 is 0 Å². The minimum atomic E-state index is -2.45. The Hall–Kier alpha value is -7.04. The Bertz CT molecular complexity index is 2850. The molecule has 1 N–H and O–H groups in total. The molecule has 0 aliphatic heterocycles. The number of aromatic nitrogens is 3. The lowest BCUT2D eigenvalue weighted by Gasteiger charge is -2.15. The molecular formula is C49H35N3O. The molecule has 0 atom stereocenters. The maximum absolute atomic E-state index is 11.2. The summed E-state index contributed by atoms with van der Waals surface area (Å²) in [6, 6.07) is 59.4. The highest BCUT2D eigenvalue weighted by Crippen LogP contribution is 2.40. The second-order valence-corrected chi connectivity index (χ2v) is 13.0. The summed E-state index contributed by atoms with van der Waals surface area (Å²) < 4.78 is 28.0. The van der Waals surface area contributed by atoms with Gasteiger partial charge < -0.3 is 5.11 Å². The molecule has 0 saturated heterocycles. The van der Waals surface area contributed by atoms with Crippen LogP contribution < -0.4 is 0 Å². The number of benzene rings is 7. The molecule has 2 aromatic heterocycles. The molecule has 0 aliphatic rings. The number of para-hydroxylation sites is 2. The molecule has 0 spiro atoms. The summed E-state index contributed by atoms with van der Waals surface area (Å²) >= 11 is 0. The van der Waals surface area contributed by atoms with Crippen LogP contribution in [0.3, 0.4) is 0 Å². The number of fused-ring (bicyclic) bond motifs is 1. The SMILES string of the molecule is [2H]C([2H])([2H])c1cc(-c2ccccc2)ccc1-n1c(-c2ccccc2O)nc2c(-c3cc(-c4ccccc4)cc(-c4cc(-c5ccccc5)ccn4)c3)cccc21.